The number of hydrogen-bond acceptors (Lipinski definition) is 2. The lowest BCUT2D eigenvalue weighted by atomic mass is 9.85. The van der Waals surface area contributed by atoms with Crippen LogP contribution in [0, 0.1) is 23.7 Å². The third-order valence-electron chi connectivity index (χ3n) is 6.22. The molecule has 0 radical (unpaired) electrons. The van der Waals surface area contributed by atoms with Gasteiger partial charge in [-0.1, -0.05) is 12.2 Å². The number of rotatable bonds is 0. The van der Waals surface area contributed by atoms with Crippen molar-refractivity contribution in [2.45, 2.75) is 43.9 Å². The minimum atomic E-state index is -0.184. The zero-order valence-electron chi connectivity index (χ0n) is 10.5. The van der Waals surface area contributed by atoms with Gasteiger partial charge in [-0.3, -0.25) is 4.79 Å². The second-order valence-electron chi connectivity index (χ2n) is 6.82. The van der Waals surface area contributed by atoms with Crippen molar-refractivity contribution in [2.75, 3.05) is 6.61 Å². The molecule has 3 aliphatic carbocycles. The number of nitrogens with zero attached hydrogens (tertiary/aromatic N) is 1. The molecule has 6 atom stereocenters. The predicted octanol–water partition coefficient (Wildman–Crippen LogP) is 1.94. The second-order valence-corrected chi connectivity index (χ2v) is 6.82. The summed E-state index contributed by atoms with van der Waals surface area (Å²) in [5.74, 6) is 2.72. The van der Waals surface area contributed by atoms with Gasteiger partial charge in [0.25, 0.3) is 0 Å². The molecule has 0 N–H and O–H groups in total. The van der Waals surface area contributed by atoms with Crippen LogP contribution in [0.2, 0.25) is 0 Å². The summed E-state index contributed by atoms with van der Waals surface area (Å²) in [6.07, 6.45) is 10.2. The van der Waals surface area contributed by atoms with Gasteiger partial charge in [-0.15, -0.1) is 0 Å². The van der Waals surface area contributed by atoms with Gasteiger partial charge in [0.1, 0.15) is 5.72 Å². The molecule has 3 nitrogen and oxygen atoms in total. The van der Waals surface area contributed by atoms with E-state index in [-0.39, 0.29) is 5.72 Å². The van der Waals surface area contributed by atoms with Crippen LogP contribution < -0.4 is 0 Å². The van der Waals surface area contributed by atoms with E-state index in [0.717, 1.165) is 19.4 Å². The van der Waals surface area contributed by atoms with Crippen molar-refractivity contribution in [3.05, 3.63) is 12.2 Å². The SMILES string of the molecule is O=C1C[C@@H]2CCC[C@@]23OC[C@H]2[C@H]([C@H]4C=C[C@@H]2C4)N13. The molecular weight excluding hydrogens is 226 g/mol. The minimum Gasteiger partial charge on any atom is -0.355 e. The number of hydrogen-bond donors (Lipinski definition) is 0. The average Bonchev–Trinajstić information content (AvgIpc) is 3.06. The Morgan fingerprint density at radius 3 is 3.17 bits per heavy atom. The van der Waals surface area contributed by atoms with Crippen LogP contribution in [0.4, 0.5) is 0 Å². The fourth-order valence-corrected chi connectivity index (χ4v) is 5.55. The van der Waals surface area contributed by atoms with Crippen LogP contribution in [-0.2, 0) is 9.53 Å². The second kappa shape index (κ2) is 3.01. The number of carbonyl (C=O) groups excluding carboxylic acids is 1. The summed E-state index contributed by atoms with van der Waals surface area (Å²) in [5.41, 5.74) is -0.184. The fourth-order valence-electron chi connectivity index (χ4n) is 5.55. The van der Waals surface area contributed by atoms with Crippen LogP contribution in [0.5, 0.6) is 0 Å². The molecule has 2 heterocycles. The van der Waals surface area contributed by atoms with Crippen LogP contribution >= 0.6 is 0 Å². The van der Waals surface area contributed by atoms with Crippen molar-refractivity contribution in [3.8, 4) is 0 Å². The Hall–Kier alpha value is -0.830. The first-order valence-electron chi connectivity index (χ1n) is 7.44. The first-order valence-corrected chi connectivity index (χ1v) is 7.44. The summed E-state index contributed by atoms with van der Waals surface area (Å²) in [6.45, 7) is 0.885. The average molecular weight is 245 g/mol. The highest BCUT2D eigenvalue weighted by Crippen LogP contribution is 2.58. The van der Waals surface area contributed by atoms with Crippen molar-refractivity contribution in [1.82, 2.24) is 4.90 Å². The molecule has 3 heteroatoms. The van der Waals surface area contributed by atoms with Gasteiger partial charge in [-0.2, -0.15) is 0 Å². The summed E-state index contributed by atoms with van der Waals surface area (Å²) >= 11 is 0. The Balaban J connectivity index is 1.62. The molecule has 18 heavy (non-hydrogen) atoms. The van der Waals surface area contributed by atoms with Crippen LogP contribution in [0.25, 0.3) is 0 Å². The minimum absolute atomic E-state index is 0.184. The topological polar surface area (TPSA) is 29.5 Å². The molecule has 5 rings (SSSR count). The lowest BCUT2D eigenvalue weighted by molar-refractivity contribution is -0.219. The number of allylic oxidation sites excluding steroid dienone is 1. The quantitative estimate of drug-likeness (QED) is 0.610. The molecule has 2 bridgehead atoms. The summed E-state index contributed by atoms with van der Waals surface area (Å²) in [6, 6.07) is 0.462. The van der Waals surface area contributed by atoms with E-state index in [1.807, 2.05) is 0 Å². The van der Waals surface area contributed by atoms with Gasteiger partial charge in [0.05, 0.1) is 6.61 Å². The Morgan fingerprint density at radius 1 is 1.33 bits per heavy atom. The molecule has 4 fully saturated rings. The summed E-state index contributed by atoms with van der Waals surface area (Å²) in [7, 11) is 0. The van der Waals surface area contributed by atoms with E-state index in [4.69, 9.17) is 4.74 Å². The zero-order valence-corrected chi connectivity index (χ0v) is 10.5. The van der Waals surface area contributed by atoms with E-state index in [1.165, 1.54) is 19.3 Å². The van der Waals surface area contributed by atoms with Crippen LogP contribution in [0.15, 0.2) is 12.2 Å². The lowest BCUT2D eigenvalue weighted by Crippen LogP contribution is -2.62. The Morgan fingerprint density at radius 2 is 2.22 bits per heavy atom. The molecule has 0 unspecified atom stereocenters. The summed E-state index contributed by atoms with van der Waals surface area (Å²) < 4.78 is 6.32. The van der Waals surface area contributed by atoms with Crippen molar-refractivity contribution in [3.63, 3.8) is 0 Å². The molecule has 0 aromatic carbocycles. The molecule has 5 aliphatic rings. The highest BCUT2D eigenvalue weighted by Gasteiger charge is 2.65. The van der Waals surface area contributed by atoms with Crippen molar-refractivity contribution >= 4 is 5.91 Å². The third-order valence-corrected chi connectivity index (χ3v) is 6.22. The van der Waals surface area contributed by atoms with Gasteiger partial charge < -0.3 is 9.64 Å². The maximum atomic E-state index is 12.5. The largest absolute Gasteiger partial charge is 0.355 e. The monoisotopic (exact) mass is 245 g/mol. The van der Waals surface area contributed by atoms with E-state index < -0.39 is 0 Å². The van der Waals surface area contributed by atoms with Gasteiger partial charge in [-0.05, 0) is 37.5 Å². The predicted molar refractivity (Wildman–Crippen MR) is 65.5 cm³/mol. The van der Waals surface area contributed by atoms with Gasteiger partial charge in [0.2, 0.25) is 5.91 Å². The number of fused-ring (bicyclic) bond motifs is 6. The van der Waals surface area contributed by atoms with Crippen LogP contribution in [0.3, 0.4) is 0 Å². The maximum Gasteiger partial charge on any atom is 0.225 e. The molecule has 2 aliphatic heterocycles. The van der Waals surface area contributed by atoms with Gasteiger partial charge in [0.15, 0.2) is 0 Å². The standard InChI is InChI=1S/C15H19NO2/c17-13-7-11-2-1-5-15(11)16(13)14-10-4-3-9(6-10)12(14)8-18-15/h3-4,9-12,14H,1-2,5-8H2/t9-,10+,11+,12-,14+,15-/m1/s1. The normalized spacial score (nSPS) is 55.9. The zero-order chi connectivity index (χ0) is 11.9. The van der Waals surface area contributed by atoms with Crippen molar-refractivity contribution in [1.29, 1.82) is 0 Å². The molecule has 0 aromatic rings. The van der Waals surface area contributed by atoms with E-state index in [9.17, 15) is 4.79 Å². The highest BCUT2D eigenvalue weighted by molar-refractivity contribution is 5.81. The smallest absolute Gasteiger partial charge is 0.225 e. The number of amides is 1. The van der Waals surface area contributed by atoms with Crippen LogP contribution in [0.1, 0.15) is 32.1 Å². The van der Waals surface area contributed by atoms with Gasteiger partial charge >= 0.3 is 0 Å². The summed E-state index contributed by atoms with van der Waals surface area (Å²) in [4.78, 5) is 14.7. The van der Waals surface area contributed by atoms with Crippen molar-refractivity contribution in [2.24, 2.45) is 23.7 Å². The Bertz CT molecular complexity index is 459. The van der Waals surface area contributed by atoms with Gasteiger partial charge in [0, 0.05) is 24.3 Å². The van der Waals surface area contributed by atoms with Gasteiger partial charge in [-0.25, -0.2) is 0 Å². The molecule has 2 saturated carbocycles. The van der Waals surface area contributed by atoms with E-state index >= 15 is 0 Å². The molecule has 0 aromatic heterocycles. The summed E-state index contributed by atoms with van der Waals surface area (Å²) in [5, 5.41) is 0. The fraction of sp³-hybridized carbons (Fsp3) is 0.800. The van der Waals surface area contributed by atoms with E-state index in [0.29, 0.717) is 35.6 Å². The number of ether oxygens (including phenoxy) is 1. The maximum absolute atomic E-state index is 12.5. The van der Waals surface area contributed by atoms with Crippen LogP contribution in [-0.4, -0.2) is 29.2 Å². The first kappa shape index (κ1) is 10.0. The third kappa shape index (κ3) is 0.932. The first-order chi connectivity index (χ1) is 8.79. The van der Waals surface area contributed by atoms with Crippen molar-refractivity contribution < 1.29 is 9.53 Å². The highest BCUT2D eigenvalue weighted by atomic mass is 16.5. The molecule has 96 valence electrons. The molecule has 1 amide bonds. The van der Waals surface area contributed by atoms with E-state index in [2.05, 4.69) is 17.1 Å². The lowest BCUT2D eigenvalue weighted by Gasteiger charge is -2.51. The Labute approximate surface area is 107 Å². The molecule has 1 spiro atoms. The number of carbonyl (C=O) groups is 1. The molecule has 2 saturated heterocycles. The Kier molecular flexibility index (Phi) is 1.67. The molecular formula is C15H19NO2. The van der Waals surface area contributed by atoms with E-state index in [1.54, 1.807) is 0 Å².